The van der Waals surface area contributed by atoms with E-state index in [4.69, 9.17) is 11.6 Å². The van der Waals surface area contributed by atoms with Crippen LogP contribution in [-0.4, -0.2) is 77.4 Å². The van der Waals surface area contributed by atoms with Gasteiger partial charge in [0.05, 0.1) is 5.02 Å². The summed E-state index contributed by atoms with van der Waals surface area (Å²) in [7, 11) is 0. The highest BCUT2D eigenvalue weighted by atomic mass is 35.5. The first-order valence-electron chi connectivity index (χ1n) is 11.2. The maximum atomic E-state index is 12.7. The van der Waals surface area contributed by atoms with Crippen LogP contribution in [0.1, 0.15) is 19.3 Å². The van der Waals surface area contributed by atoms with Gasteiger partial charge >= 0.3 is 0 Å². The fourth-order valence-electron chi connectivity index (χ4n) is 4.23. The fraction of sp³-hybridized carbons (Fsp3) is 0.478. The summed E-state index contributed by atoms with van der Waals surface area (Å²) in [6, 6.07) is 9.32. The standard InChI is InChI=1S/C23H29ClN6O2/c24-19-4-5-20(26-17-19)27-23(32)18-6-10-28(11-7-18)12-8-22(31)30-15-13-29(14-16-30)21-3-1-2-9-25-21/h1-5,9,17-18H,6-8,10-16H2,(H,26,27,32). The number of hydrogen-bond donors (Lipinski definition) is 1. The molecule has 0 aromatic carbocycles. The Kier molecular flexibility index (Phi) is 7.55. The van der Waals surface area contributed by atoms with E-state index in [0.29, 0.717) is 17.3 Å². The summed E-state index contributed by atoms with van der Waals surface area (Å²) in [5.74, 6) is 1.67. The van der Waals surface area contributed by atoms with Crippen LogP contribution in [-0.2, 0) is 9.59 Å². The van der Waals surface area contributed by atoms with E-state index >= 15 is 0 Å². The van der Waals surface area contributed by atoms with Crippen molar-refractivity contribution in [3.63, 3.8) is 0 Å². The zero-order valence-electron chi connectivity index (χ0n) is 18.1. The number of hydrogen-bond acceptors (Lipinski definition) is 6. The molecule has 4 heterocycles. The van der Waals surface area contributed by atoms with Gasteiger partial charge in [-0.15, -0.1) is 0 Å². The summed E-state index contributed by atoms with van der Waals surface area (Å²) < 4.78 is 0. The van der Waals surface area contributed by atoms with E-state index < -0.39 is 0 Å². The van der Waals surface area contributed by atoms with Crippen molar-refractivity contribution in [2.45, 2.75) is 19.3 Å². The normalized spacial score (nSPS) is 17.9. The Labute approximate surface area is 193 Å². The van der Waals surface area contributed by atoms with Crippen LogP contribution in [0.2, 0.25) is 5.02 Å². The average Bonchev–Trinajstić information content (AvgIpc) is 2.85. The second-order valence-corrected chi connectivity index (χ2v) is 8.71. The van der Waals surface area contributed by atoms with Gasteiger partial charge in [-0.25, -0.2) is 9.97 Å². The van der Waals surface area contributed by atoms with Gasteiger partial charge in [0, 0.05) is 57.5 Å². The van der Waals surface area contributed by atoms with Crippen molar-refractivity contribution in [1.29, 1.82) is 0 Å². The van der Waals surface area contributed by atoms with E-state index in [0.717, 1.165) is 64.5 Å². The minimum Gasteiger partial charge on any atom is -0.353 e. The maximum Gasteiger partial charge on any atom is 0.228 e. The van der Waals surface area contributed by atoms with Crippen LogP contribution in [0.5, 0.6) is 0 Å². The highest BCUT2D eigenvalue weighted by molar-refractivity contribution is 6.30. The zero-order chi connectivity index (χ0) is 22.3. The molecule has 2 amide bonds. The zero-order valence-corrected chi connectivity index (χ0v) is 18.9. The molecule has 0 saturated carbocycles. The van der Waals surface area contributed by atoms with E-state index in [1.807, 2.05) is 23.1 Å². The molecular formula is C23H29ClN6O2. The number of rotatable bonds is 6. The molecule has 2 fully saturated rings. The van der Waals surface area contributed by atoms with E-state index in [2.05, 4.69) is 25.1 Å². The number of halogens is 1. The number of nitrogens with one attached hydrogen (secondary N) is 1. The Balaban J connectivity index is 1.15. The molecule has 0 atom stereocenters. The second kappa shape index (κ2) is 10.7. The van der Waals surface area contributed by atoms with Gasteiger partial charge in [0.15, 0.2) is 0 Å². The van der Waals surface area contributed by atoms with Gasteiger partial charge in [0.2, 0.25) is 11.8 Å². The van der Waals surface area contributed by atoms with E-state index in [9.17, 15) is 9.59 Å². The van der Waals surface area contributed by atoms with Crippen LogP contribution in [0.4, 0.5) is 11.6 Å². The first kappa shape index (κ1) is 22.5. The molecule has 4 rings (SSSR count). The van der Waals surface area contributed by atoms with Gasteiger partial charge in [-0.3, -0.25) is 9.59 Å². The first-order chi connectivity index (χ1) is 15.6. The molecule has 170 valence electrons. The molecule has 2 saturated heterocycles. The maximum absolute atomic E-state index is 12.7. The summed E-state index contributed by atoms with van der Waals surface area (Å²) in [4.78, 5) is 40.1. The Bertz CT molecular complexity index is 894. The Morgan fingerprint density at radius 2 is 1.78 bits per heavy atom. The number of piperidine rings is 1. The average molecular weight is 457 g/mol. The molecular weight excluding hydrogens is 428 g/mol. The van der Waals surface area contributed by atoms with Gasteiger partial charge in [0.25, 0.3) is 0 Å². The Hall–Kier alpha value is -2.71. The molecule has 0 radical (unpaired) electrons. The topological polar surface area (TPSA) is 81.7 Å². The third-order valence-corrected chi connectivity index (χ3v) is 6.41. The molecule has 1 N–H and O–H groups in total. The Morgan fingerprint density at radius 3 is 2.44 bits per heavy atom. The van der Waals surface area contributed by atoms with Crippen molar-refractivity contribution in [1.82, 2.24) is 19.8 Å². The molecule has 2 aromatic heterocycles. The number of nitrogens with zero attached hydrogens (tertiary/aromatic N) is 5. The van der Waals surface area contributed by atoms with Crippen molar-refractivity contribution in [2.24, 2.45) is 5.92 Å². The van der Waals surface area contributed by atoms with E-state index in [1.165, 1.54) is 6.20 Å². The molecule has 2 aliphatic heterocycles. The fourth-order valence-corrected chi connectivity index (χ4v) is 4.35. The van der Waals surface area contributed by atoms with Crippen LogP contribution < -0.4 is 10.2 Å². The van der Waals surface area contributed by atoms with E-state index in [1.54, 1.807) is 18.3 Å². The molecule has 2 aliphatic rings. The number of anilines is 2. The van der Waals surface area contributed by atoms with E-state index in [-0.39, 0.29) is 17.7 Å². The van der Waals surface area contributed by atoms with Crippen LogP contribution in [0.15, 0.2) is 42.7 Å². The number of amides is 2. The number of likely N-dealkylation sites (tertiary alicyclic amines) is 1. The lowest BCUT2D eigenvalue weighted by atomic mass is 9.96. The van der Waals surface area contributed by atoms with Crippen LogP contribution >= 0.6 is 11.6 Å². The van der Waals surface area contributed by atoms with Crippen molar-refractivity contribution in [3.8, 4) is 0 Å². The summed E-state index contributed by atoms with van der Waals surface area (Å²) >= 11 is 5.83. The largest absolute Gasteiger partial charge is 0.353 e. The summed E-state index contributed by atoms with van der Waals surface area (Å²) in [5.41, 5.74) is 0. The SMILES string of the molecule is O=C(Nc1ccc(Cl)cn1)C1CCN(CCC(=O)N2CCN(c3ccccn3)CC2)CC1. The molecule has 0 unspecified atom stereocenters. The minimum atomic E-state index is -0.0286. The van der Waals surface area contributed by atoms with Crippen molar-refractivity contribution in [2.75, 3.05) is 56.0 Å². The monoisotopic (exact) mass is 456 g/mol. The smallest absolute Gasteiger partial charge is 0.228 e. The third kappa shape index (κ3) is 5.95. The molecule has 8 nitrogen and oxygen atoms in total. The van der Waals surface area contributed by atoms with Gasteiger partial charge in [-0.05, 0) is 50.2 Å². The predicted octanol–water partition coefficient (Wildman–Crippen LogP) is 2.52. The summed E-state index contributed by atoms with van der Waals surface area (Å²) in [6.45, 7) is 5.48. The number of carbonyl (C=O) groups excluding carboxylic acids is 2. The van der Waals surface area contributed by atoms with Crippen LogP contribution in [0.25, 0.3) is 0 Å². The van der Waals surface area contributed by atoms with Gasteiger partial charge < -0.3 is 20.0 Å². The second-order valence-electron chi connectivity index (χ2n) is 8.27. The first-order valence-corrected chi connectivity index (χ1v) is 11.5. The molecule has 2 aromatic rings. The van der Waals surface area contributed by atoms with Gasteiger partial charge in [0.1, 0.15) is 11.6 Å². The highest BCUT2D eigenvalue weighted by Gasteiger charge is 2.27. The predicted molar refractivity (Wildman–Crippen MR) is 125 cm³/mol. The number of piperazine rings is 1. The molecule has 32 heavy (non-hydrogen) atoms. The van der Waals surface area contributed by atoms with Crippen molar-refractivity contribution < 1.29 is 9.59 Å². The Morgan fingerprint density at radius 1 is 1.00 bits per heavy atom. The van der Waals surface area contributed by atoms with Gasteiger partial charge in [-0.1, -0.05) is 17.7 Å². The lowest BCUT2D eigenvalue weighted by Gasteiger charge is -2.36. The lowest BCUT2D eigenvalue weighted by molar-refractivity contribution is -0.132. The molecule has 0 spiro atoms. The van der Waals surface area contributed by atoms with Gasteiger partial charge in [-0.2, -0.15) is 0 Å². The summed E-state index contributed by atoms with van der Waals surface area (Å²) in [6.07, 6.45) is 5.42. The molecule has 0 bridgehead atoms. The highest BCUT2D eigenvalue weighted by Crippen LogP contribution is 2.20. The number of pyridine rings is 2. The molecule has 0 aliphatic carbocycles. The number of carbonyl (C=O) groups is 2. The third-order valence-electron chi connectivity index (χ3n) is 6.18. The van der Waals surface area contributed by atoms with Crippen LogP contribution in [0.3, 0.4) is 0 Å². The van der Waals surface area contributed by atoms with Crippen LogP contribution in [0, 0.1) is 5.92 Å². The minimum absolute atomic E-state index is 0.00123. The summed E-state index contributed by atoms with van der Waals surface area (Å²) in [5, 5.41) is 3.41. The number of aromatic nitrogens is 2. The van der Waals surface area contributed by atoms with Crippen molar-refractivity contribution >= 4 is 35.1 Å². The van der Waals surface area contributed by atoms with Crippen molar-refractivity contribution in [3.05, 3.63) is 47.7 Å². The quantitative estimate of drug-likeness (QED) is 0.719. The lowest BCUT2D eigenvalue weighted by Crippen LogP contribution is -2.49. The molecule has 9 heteroatoms.